The summed E-state index contributed by atoms with van der Waals surface area (Å²) in [7, 11) is 4.24. The van der Waals surface area contributed by atoms with Crippen molar-refractivity contribution in [2.45, 2.75) is 0 Å². The number of hydrogen-bond acceptors (Lipinski definition) is 6. The van der Waals surface area contributed by atoms with Crippen molar-refractivity contribution < 1.29 is 9.59 Å². The molecule has 0 aromatic heterocycles. The molecule has 0 saturated carbocycles. The average molecular weight is 435 g/mol. The first-order valence-electron chi connectivity index (χ1n) is 11.6. The van der Waals surface area contributed by atoms with Gasteiger partial charge >= 0.3 is 0 Å². The summed E-state index contributed by atoms with van der Waals surface area (Å²) >= 11 is 0. The van der Waals surface area contributed by atoms with E-state index < -0.39 is 0 Å². The van der Waals surface area contributed by atoms with Crippen LogP contribution in [0.2, 0.25) is 0 Å². The molecule has 2 aromatic rings. The van der Waals surface area contributed by atoms with Gasteiger partial charge in [-0.1, -0.05) is 48.5 Å². The molecule has 4 rings (SSSR count). The quantitative estimate of drug-likeness (QED) is 0.623. The number of piperazine rings is 2. The summed E-state index contributed by atoms with van der Waals surface area (Å²) in [6.07, 6.45) is 0. The Hall–Kier alpha value is -2.38. The van der Waals surface area contributed by atoms with Crippen LogP contribution in [0.1, 0.15) is 20.7 Å². The minimum Gasteiger partial charge on any atom is -0.304 e. The van der Waals surface area contributed by atoms with E-state index in [1.54, 1.807) is 0 Å². The van der Waals surface area contributed by atoms with Gasteiger partial charge in [0.15, 0.2) is 11.6 Å². The van der Waals surface area contributed by atoms with Crippen LogP contribution < -0.4 is 0 Å². The van der Waals surface area contributed by atoms with Gasteiger partial charge in [-0.25, -0.2) is 0 Å². The van der Waals surface area contributed by atoms with E-state index >= 15 is 0 Å². The normalized spacial score (nSPS) is 19.2. The highest BCUT2D eigenvalue weighted by molar-refractivity contribution is 5.99. The number of nitrogens with zero attached hydrogens (tertiary/aromatic N) is 4. The lowest BCUT2D eigenvalue weighted by Crippen LogP contribution is -2.46. The second-order valence-electron chi connectivity index (χ2n) is 9.16. The highest BCUT2D eigenvalue weighted by atomic mass is 16.1. The number of carbonyl (C=O) groups excluding carboxylic acids is 2. The zero-order chi connectivity index (χ0) is 22.5. The van der Waals surface area contributed by atoms with Crippen molar-refractivity contribution >= 4 is 11.6 Å². The second kappa shape index (κ2) is 10.5. The molecule has 2 saturated heterocycles. The van der Waals surface area contributed by atoms with E-state index in [2.05, 4.69) is 33.7 Å². The first kappa shape index (κ1) is 22.8. The van der Waals surface area contributed by atoms with Crippen molar-refractivity contribution in [2.75, 3.05) is 79.5 Å². The lowest BCUT2D eigenvalue weighted by atomic mass is 10.00. The van der Waals surface area contributed by atoms with Crippen LogP contribution in [0.5, 0.6) is 0 Å². The second-order valence-corrected chi connectivity index (χ2v) is 9.16. The first-order valence-corrected chi connectivity index (χ1v) is 11.6. The molecule has 2 aliphatic heterocycles. The third-order valence-electron chi connectivity index (χ3n) is 6.67. The Labute approximate surface area is 191 Å². The van der Waals surface area contributed by atoms with Gasteiger partial charge in [-0.05, 0) is 25.2 Å². The van der Waals surface area contributed by atoms with Crippen LogP contribution in [0, 0.1) is 0 Å². The molecule has 170 valence electrons. The molecule has 0 aliphatic carbocycles. The molecule has 0 amide bonds. The molecule has 2 fully saturated rings. The molecule has 0 atom stereocenters. The highest BCUT2D eigenvalue weighted by Crippen LogP contribution is 2.21. The van der Waals surface area contributed by atoms with Gasteiger partial charge in [-0.15, -0.1) is 0 Å². The van der Waals surface area contributed by atoms with Crippen LogP contribution in [0.25, 0.3) is 11.1 Å². The Morgan fingerprint density at radius 2 is 0.875 bits per heavy atom. The molecule has 2 heterocycles. The maximum absolute atomic E-state index is 12.6. The number of carbonyl (C=O) groups is 2. The summed E-state index contributed by atoms with van der Waals surface area (Å²) in [5, 5.41) is 0. The molecular formula is C26H34N4O2. The fraction of sp³-hybridized carbons (Fsp3) is 0.462. The van der Waals surface area contributed by atoms with Crippen LogP contribution in [0.15, 0.2) is 48.5 Å². The maximum Gasteiger partial charge on any atom is 0.176 e. The fourth-order valence-corrected chi connectivity index (χ4v) is 4.30. The lowest BCUT2D eigenvalue weighted by Gasteiger charge is -2.31. The SMILES string of the molecule is CN1CCN(CC(=O)c2ccc(-c3ccc(C(=O)CN4CCN(C)CC4)cc3)cc2)CC1. The summed E-state index contributed by atoms with van der Waals surface area (Å²) in [6, 6.07) is 15.7. The van der Waals surface area contributed by atoms with Crippen molar-refractivity contribution in [1.29, 1.82) is 0 Å². The summed E-state index contributed by atoms with van der Waals surface area (Å²) in [5.74, 6) is 0.344. The highest BCUT2D eigenvalue weighted by Gasteiger charge is 2.19. The van der Waals surface area contributed by atoms with Gasteiger partial charge in [0, 0.05) is 63.5 Å². The summed E-state index contributed by atoms with van der Waals surface area (Å²) < 4.78 is 0. The van der Waals surface area contributed by atoms with Crippen molar-refractivity contribution in [1.82, 2.24) is 19.6 Å². The van der Waals surface area contributed by atoms with Gasteiger partial charge in [-0.3, -0.25) is 19.4 Å². The standard InChI is InChI=1S/C26H34N4O2/c1-27-11-15-29(16-12-27)19-25(31)23-7-3-21(4-8-23)22-5-9-24(10-6-22)26(32)20-30-17-13-28(2)14-18-30/h3-10H,11-20H2,1-2H3. The topological polar surface area (TPSA) is 47.1 Å². The summed E-state index contributed by atoms with van der Waals surface area (Å²) in [4.78, 5) is 34.3. The Kier molecular flexibility index (Phi) is 7.48. The molecule has 6 nitrogen and oxygen atoms in total. The number of rotatable bonds is 7. The lowest BCUT2D eigenvalue weighted by molar-refractivity contribution is 0.0869. The van der Waals surface area contributed by atoms with Crippen LogP contribution in [-0.2, 0) is 0 Å². The molecule has 2 aliphatic rings. The minimum atomic E-state index is 0.172. The van der Waals surface area contributed by atoms with E-state index in [4.69, 9.17) is 0 Å². The molecule has 2 aromatic carbocycles. The van der Waals surface area contributed by atoms with Crippen LogP contribution in [0.3, 0.4) is 0 Å². The number of likely N-dealkylation sites (N-methyl/N-ethyl adjacent to an activating group) is 2. The first-order chi connectivity index (χ1) is 15.5. The molecule has 0 spiro atoms. The Morgan fingerprint density at radius 3 is 1.19 bits per heavy atom. The molecule has 32 heavy (non-hydrogen) atoms. The molecule has 6 heteroatoms. The molecule has 0 bridgehead atoms. The number of Topliss-reactive ketones (excluding diaryl/α,β-unsaturated/α-hetero) is 2. The van der Waals surface area contributed by atoms with E-state index in [9.17, 15) is 9.59 Å². The van der Waals surface area contributed by atoms with Crippen LogP contribution in [0.4, 0.5) is 0 Å². The monoisotopic (exact) mass is 434 g/mol. The van der Waals surface area contributed by atoms with Gasteiger partial charge in [-0.2, -0.15) is 0 Å². The third-order valence-corrected chi connectivity index (χ3v) is 6.67. The average Bonchev–Trinajstić information content (AvgIpc) is 2.82. The molecule has 0 unspecified atom stereocenters. The smallest absolute Gasteiger partial charge is 0.176 e. The van der Waals surface area contributed by atoms with Crippen molar-refractivity contribution in [3.05, 3.63) is 59.7 Å². The summed E-state index contributed by atoms with van der Waals surface area (Å²) in [5.41, 5.74) is 3.62. The number of benzene rings is 2. The summed E-state index contributed by atoms with van der Waals surface area (Å²) in [6.45, 7) is 8.80. The Morgan fingerprint density at radius 1 is 0.562 bits per heavy atom. The molecule has 0 N–H and O–H groups in total. The van der Waals surface area contributed by atoms with Gasteiger partial charge in [0.05, 0.1) is 13.1 Å². The largest absolute Gasteiger partial charge is 0.304 e. The van der Waals surface area contributed by atoms with E-state index in [0.717, 1.165) is 74.6 Å². The van der Waals surface area contributed by atoms with Gasteiger partial charge in [0.2, 0.25) is 0 Å². The zero-order valence-electron chi connectivity index (χ0n) is 19.3. The third kappa shape index (κ3) is 5.90. The van der Waals surface area contributed by atoms with Gasteiger partial charge < -0.3 is 9.80 Å². The van der Waals surface area contributed by atoms with E-state index in [1.165, 1.54) is 0 Å². The van der Waals surface area contributed by atoms with E-state index in [0.29, 0.717) is 13.1 Å². The van der Waals surface area contributed by atoms with Crippen molar-refractivity contribution in [2.24, 2.45) is 0 Å². The van der Waals surface area contributed by atoms with E-state index in [-0.39, 0.29) is 11.6 Å². The minimum absolute atomic E-state index is 0.172. The zero-order valence-corrected chi connectivity index (χ0v) is 19.3. The van der Waals surface area contributed by atoms with Crippen LogP contribution >= 0.6 is 0 Å². The Bertz CT molecular complexity index is 832. The molecular weight excluding hydrogens is 400 g/mol. The number of ketones is 2. The fourth-order valence-electron chi connectivity index (χ4n) is 4.30. The van der Waals surface area contributed by atoms with Crippen LogP contribution in [-0.4, -0.2) is 111 Å². The Balaban J connectivity index is 1.32. The molecule has 0 radical (unpaired) electrons. The van der Waals surface area contributed by atoms with Gasteiger partial charge in [0.1, 0.15) is 0 Å². The maximum atomic E-state index is 12.6. The predicted molar refractivity (Wildman–Crippen MR) is 128 cm³/mol. The number of hydrogen-bond donors (Lipinski definition) is 0. The van der Waals surface area contributed by atoms with E-state index in [1.807, 2.05) is 48.5 Å². The predicted octanol–water partition coefficient (Wildman–Crippen LogP) is 2.21. The van der Waals surface area contributed by atoms with Gasteiger partial charge in [0.25, 0.3) is 0 Å². The van der Waals surface area contributed by atoms with Crippen molar-refractivity contribution in [3.63, 3.8) is 0 Å². The van der Waals surface area contributed by atoms with Crippen molar-refractivity contribution in [3.8, 4) is 11.1 Å².